The maximum Gasteiger partial charge on any atom is 2.00 e. The number of hydrogen-bond donors (Lipinski definition) is 0. The minimum Gasteiger partial charge on any atom is -1.00 e. The van der Waals surface area contributed by atoms with E-state index in [4.69, 9.17) is 28.4 Å². The molecule has 0 unspecified atom stereocenters. The van der Waals surface area contributed by atoms with Crippen LogP contribution >= 0.6 is 15.9 Å². The van der Waals surface area contributed by atoms with Crippen LogP contribution in [0.15, 0.2) is 113 Å². The van der Waals surface area contributed by atoms with Gasteiger partial charge in [0, 0.05) is 27.4 Å². The van der Waals surface area contributed by atoms with Crippen LogP contribution in [0.1, 0.15) is 79.2 Å². The van der Waals surface area contributed by atoms with Crippen molar-refractivity contribution in [2.75, 3.05) is 42.7 Å². The molecule has 0 aliphatic heterocycles. The van der Waals surface area contributed by atoms with Crippen LogP contribution in [0.3, 0.4) is 0 Å². The number of ether oxygens (including phenoxy) is 6. The summed E-state index contributed by atoms with van der Waals surface area (Å²) < 4.78 is 33.5. The van der Waals surface area contributed by atoms with Crippen molar-refractivity contribution in [2.24, 2.45) is 11.8 Å². The normalized spacial score (nSPS) is 17.7. The third kappa shape index (κ3) is 14.9. The number of halogens is 2. The first kappa shape index (κ1) is 53.4. The molecule has 4 aromatic carbocycles. The summed E-state index contributed by atoms with van der Waals surface area (Å²) in [6, 6.07) is 28.6. The van der Waals surface area contributed by atoms with Gasteiger partial charge >= 0.3 is 35.0 Å². The standard InChI is InChI=1S/C25H30O4.C17H21BrO4.C8H9.BrH.Mg/c1-17-10-13-20(25(26)29-4)21(14-17)24-22(27-2)15-19(16-23(24)28-3)12-11-18-8-6-5-7-9-18;1-10-5-6-12(17(19)22-4)13(7-10)16-14(20-2)8-11(18)9-15(16)21-3;1-2-8-6-4-3-5-7-8;;/h5-9,14-16,20-21H,10-13H2,1-4H3;7-9,12-13H,5-6H2,1-4H3;3-7H,1-2H2;1H;/q;;-1;;+2/p-1/t20-,21-;12-,13-;;;/m11.../s1. The molecule has 0 saturated carbocycles. The Hall–Kier alpha value is -3.77. The van der Waals surface area contributed by atoms with E-state index in [0.717, 1.165) is 77.6 Å². The summed E-state index contributed by atoms with van der Waals surface area (Å²) in [7, 11) is 9.47. The second-order valence-corrected chi connectivity index (χ2v) is 15.7. The molecule has 8 nitrogen and oxygen atoms in total. The van der Waals surface area contributed by atoms with Gasteiger partial charge in [-0.25, -0.2) is 0 Å². The Bertz CT molecular complexity index is 1990. The first-order valence-electron chi connectivity index (χ1n) is 20.1. The van der Waals surface area contributed by atoms with Crippen molar-refractivity contribution in [3.8, 4) is 23.0 Å². The molecule has 0 heterocycles. The van der Waals surface area contributed by atoms with E-state index in [2.05, 4.69) is 97.4 Å². The maximum atomic E-state index is 12.4. The van der Waals surface area contributed by atoms with Gasteiger partial charge in [0.25, 0.3) is 0 Å². The Balaban J connectivity index is 0.000000353. The van der Waals surface area contributed by atoms with Gasteiger partial charge < -0.3 is 52.3 Å². The number of aryl methyl sites for hydroxylation is 2. The maximum absolute atomic E-state index is 12.4. The van der Waals surface area contributed by atoms with Gasteiger partial charge in [0.1, 0.15) is 23.0 Å². The van der Waals surface area contributed by atoms with E-state index >= 15 is 0 Å². The van der Waals surface area contributed by atoms with E-state index in [1.165, 1.54) is 36.5 Å². The fourth-order valence-corrected chi connectivity index (χ4v) is 8.23. The molecule has 0 N–H and O–H groups in total. The molecule has 11 heteroatoms. The molecule has 6 rings (SSSR count). The van der Waals surface area contributed by atoms with Crippen molar-refractivity contribution in [1.29, 1.82) is 0 Å². The minimum atomic E-state index is -0.235. The molecule has 0 radical (unpaired) electrons. The van der Waals surface area contributed by atoms with Crippen LogP contribution in [0.25, 0.3) is 0 Å². The number of methoxy groups -OCH3 is 6. The monoisotopic (exact) mass is 970 g/mol. The molecule has 0 aromatic heterocycles. The zero-order valence-corrected chi connectivity index (χ0v) is 41.5. The number of allylic oxidation sites excluding steroid dienone is 4. The summed E-state index contributed by atoms with van der Waals surface area (Å²) in [6.07, 6.45) is 10.3. The Morgan fingerprint density at radius 2 is 0.951 bits per heavy atom. The Labute approximate surface area is 398 Å². The van der Waals surface area contributed by atoms with Crippen LogP contribution in [0.2, 0.25) is 0 Å². The molecular formula is C50H60Br2MgO8. The average molecular weight is 973 g/mol. The molecule has 0 fully saturated rings. The van der Waals surface area contributed by atoms with Crippen LogP contribution in [0, 0.1) is 18.8 Å². The number of carbonyl (C=O) groups excluding carboxylic acids is 2. The van der Waals surface area contributed by atoms with Crippen LogP contribution in [0.4, 0.5) is 0 Å². The van der Waals surface area contributed by atoms with Gasteiger partial charge in [-0.15, -0.1) is 0 Å². The van der Waals surface area contributed by atoms with E-state index in [0.29, 0.717) is 11.5 Å². The third-order valence-corrected chi connectivity index (χ3v) is 11.4. The molecule has 324 valence electrons. The van der Waals surface area contributed by atoms with E-state index in [1.54, 1.807) is 28.4 Å². The van der Waals surface area contributed by atoms with E-state index in [-0.39, 0.29) is 75.6 Å². The first-order valence-corrected chi connectivity index (χ1v) is 20.8. The molecular weight excluding hydrogens is 913 g/mol. The summed E-state index contributed by atoms with van der Waals surface area (Å²) >= 11 is 3.46. The molecule has 2 aliphatic rings. The molecule has 0 spiro atoms. The molecule has 0 bridgehead atoms. The predicted octanol–water partition coefficient (Wildman–Crippen LogP) is 7.87. The first-order chi connectivity index (χ1) is 28.5. The van der Waals surface area contributed by atoms with Gasteiger partial charge in [-0.3, -0.25) is 9.59 Å². The fraction of sp³-hybridized carbons (Fsp3) is 0.380. The average Bonchev–Trinajstić information content (AvgIpc) is 3.27. The predicted molar refractivity (Wildman–Crippen MR) is 244 cm³/mol. The third-order valence-electron chi connectivity index (χ3n) is 11.0. The van der Waals surface area contributed by atoms with Crippen LogP contribution in [0.5, 0.6) is 23.0 Å². The zero-order valence-electron chi connectivity index (χ0n) is 36.9. The minimum absolute atomic E-state index is 0. The quantitative estimate of drug-likeness (QED) is 0.0614. The second kappa shape index (κ2) is 27.3. The van der Waals surface area contributed by atoms with Gasteiger partial charge in [-0.05, 0) is 87.8 Å². The second-order valence-electron chi connectivity index (χ2n) is 14.8. The molecule has 0 saturated heterocycles. The molecule has 4 aromatic rings. The van der Waals surface area contributed by atoms with Crippen molar-refractivity contribution < 1.29 is 55.0 Å². The van der Waals surface area contributed by atoms with Crippen LogP contribution in [-0.2, 0) is 38.3 Å². The van der Waals surface area contributed by atoms with Crippen LogP contribution in [-0.4, -0.2) is 77.7 Å². The van der Waals surface area contributed by atoms with Crippen LogP contribution < -0.4 is 35.9 Å². The number of benzene rings is 4. The molecule has 2 aliphatic carbocycles. The molecule has 4 atom stereocenters. The van der Waals surface area contributed by atoms with Gasteiger partial charge in [-0.2, -0.15) is 6.42 Å². The summed E-state index contributed by atoms with van der Waals surface area (Å²) in [5, 5.41) is 0. The fourth-order valence-electron chi connectivity index (χ4n) is 7.82. The summed E-state index contributed by atoms with van der Waals surface area (Å²) in [4.78, 5) is 24.6. The molecule has 0 amide bonds. The van der Waals surface area contributed by atoms with Gasteiger partial charge in [0.05, 0.1) is 54.5 Å². The Morgan fingerprint density at radius 1 is 0.590 bits per heavy atom. The summed E-state index contributed by atoms with van der Waals surface area (Å²) in [6.45, 7) is 7.94. The zero-order chi connectivity index (χ0) is 42.9. The molecule has 61 heavy (non-hydrogen) atoms. The number of esters is 2. The number of rotatable bonds is 12. The topological polar surface area (TPSA) is 89.5 Å². The van der Waals surface area contributed by atoms with Gasteiger partial charge in [0.2, 0.25) is 0 Å². The van der Waals surface area contributed by atoms with Crippen molar-refractivity contribution in [2.45, 2.75) is 70.6 Å². The largest absolute Gasteiger partial charge is 2.00 e. The van der Waals surface area contributed by atoms with Gasteiger partial charge in [0.15, 0.2) is 0 Å². The number of hydrogen-bond acceptors (Lipinski definition) is 8. The Morgan fingerprint density at radius 3 is 1.30 bits per heavy atom. The van der Waals surface area contributed by atoms with E-state index in [9.17, 15) is 9.59 Å². The van der Waals surface area contributed by atoms with Gasteiger partial charge in [-0.1, -0.05) is 105 Å². The van der Waals surface area contributed by atoms with Crippen molar-refractivity contribution >= 4 is 50.9 Å². The SMILES string of the molecule is COC(=O)[C@@H]1CCC(C)=C[C@H]1c1c(OC)cc(Br)cc1OC.COC(=O)[C@@H]1CCC(C)=C[C@H]1c1c(OC)cc(CCc2ccccc2)cc1OC.[Br-].[CH2-]Cc1ccccc1.[Mg+2]. The van der Waals surface area contributed by atoms with E-state index in [1.807, 2.05) is 36.4 Å². The van der Waals surface area contributed by atoms with Crippen molar-refractivity contribution in [3.63, 3.8) is 0 Å². The van der Waals surface area contributed by atoms with E-state index < -0.39 is 0 Å². The Kier molecular flexibility index (Phi) is 23.9. The van der Waals surface area contributed by atoms with Crippen molar-refractivity contribution in [3.05, 3.63) is 147 Å². The number of carbonyl (C=O) groups is 2. The smallest absolute Gasteiger partial charge is 1.00 e. The van der Waals surface area contributed by atoms with Crippen molar-refractivity contribution in [1.82, 2.24) is 0 Å². The summed E-state index contributed by atoms with van der Waals surface area (Å²) in [5.41, 5.74) is 8.09. The summed E-state index contributed by atoms with van der Waals surface area (Å²) in [5.74, 6) is 1.86.